The molecule has 2 aliphatic rings. The molecule has 0 radical (unpaired) electrons. The van der Waals surface area contributed by atoms with Crippen molar-refractivity contribution in [3.8, 4) is 0 Å². The Balaban J connectivity index is 2.10. The van der Waals surface area contributed by atoms with Gasteiger partial charge >= 0.3 is 11.9 Å². The van der Waals surface area contributed by atoms with Crippen molar-refractivity contribution in [3.05, 3.63) is 34.9 Å². The molecule has 2 aliphatic carbocycles. The molecule has 0 saturated heterocycles. The maximum atomic E-state index is 12.0. The Bertz CT molecular complexity index is 813. The van der Waals surface area contributed by atoms with E-state index in [1.807, 2.05) is 12.1 Å². The second kappa shape index (κ2) is 7.34. The Morgan fingerprint density at radius 3 is 2.32 bits per heavy atom. The van der Waals surface area contributed by atoms with Crippen molar-refractivity contribution in [1.29, 1.82) is 0 Å². The Morgan fingerprint density at radius 1 is 1.04 bits per heavy atom. The van der Waals surface area contributed by atoms with E-state index in [4.69, 9.17) is 9.47 Å². The Kier molecular flexibility index (Phi) is 5.39. The molecule has 0 aromatic heterocycles. The number of hydrogen-bond acceptors (Lipinski definition) is 5. The molecule has 3 rings (SSSR count). The highest BCUT2D eigenvalue weighted by Gasteiger charge is 2.58. The molecule has 5 heteroatoms. The van der Waals surface area contributed by atoms with Gasteiger partial charge in [0, 0.05) is 30.7 Å². The molecule has 152 valence electrons. The van der Waals surface area contributed by atoms with Gasteiger partial charge in [0.2, 0.25) is 0 Å². The van der Waals surface area contributed by atoms with E-state index < -0.39 is 0 Å². The van der Waals surface area contributed by atoms with Gasteiger partial charge in [0.1, 0.15) is 0 Å². The smallest absolute Gasteiger partial charge is 0.302 e. The second-order valence-corrected chi connectivity index (χ2v) is 8.95. The fourth-order valence-electron chi connectivity index (χ4n) is 5.78. The Hall–Kier alpha value is -2.17. The highest BCUT2D eigenvalue weighted by molar-refractivity contribution is 5.94. The lowest BCUT2D eigenvalue weighted by Gasteiger charge is -2.50. The molecule has 1 saturated carbocycles. The lowest BCUT2D eigenvalue weighted by atomic mass is 9.54. The monoisotopic (exact) mass is 386 g/mol. The molecule has 0 spiro atoms. The summed E-state index contributed by atoms with van der Waals surface area (Å²) in [6.45, 7) is 9.49. The van der Waals surface area contributed by atoms with Gasteiger partial charge in [-0.2, -0.15) is 0 Å². The zero-order chi connectivity index (χ0) is 20.7. The van der Waals surface area contributed by atoms with Crippen LogP contribution in [0, 0.1) is 11.3 Å². The first-order valence-electron chi connectivity index (χ1n) is 10.0. The number of fused-ring (bicyclic) bond motifs is 3. The van der Waals surface area contributed by atoms with Gasteiger partial charge in [-0.25, -0.2) is 0 Å². The number of carbonyl (C=O) groups excluding carboxylic acids is 3. The number of hydrogen-bond donors (Lipinski definition) is 0. The average Bonchev–Trinajstić information content (AvgIpc) is 2.87. The van der Waals surface area contributed by atoms with Crippen LogP contribution in [0.25, 0.3) is 0 Å². The van der Waals surface area contributed by atoms with Crippen LogP contribution in [0.4, 0.5) is 0 Å². The molecule has 1 fully saturated rings. The minimum Gasteiger partial charge on any atom is -0.465 e. The molecule has 0 amide bonds. The third-order valence-electron chi connectivity index (χ3n) is 6.83. The van der Waals surface area contributed by atoms with Crippen LogP contribution in [0.5, 0.6) is 0 Å². The summed E-state index contributed by atoms with van der Waals surface area (Å²) in [5, 5.41) is 0. The van der Waals surface area contributed by atoms with Gasteiger partial charge in [-0.3, -0.25) is 14.4 Å². The summed E-state index contributed by atoms with van der Waals surface area (Å²) in [4.78, 5) is 35.0. The molecule has 1 aromatic carbocycles. The number of Topliss-reactive ketones (excluding diaryl/α,β-unsaturated/α-hetero) is 1. The van der Waals surface area contributed by atoms with Gasteiger partial charge in [-0.1, -0.05) is 32.4 Å². The third-order valence-corrected chi connectivity index (χ3v) is 6.83. The molecular weight excluding hydrogens is 356 g/mol. The van der Waals surface area contributed by atoms with Crippen molar-refractivity contribution in [3.63, 3.8) is 0 Å². The van der Waals surface area contributed by atoms with E-state index >= 15 is 0 Å². The van der Waals surface area contributed by atoms with Crippen LogP contribution in [0.2, 0.25) is 0 Å². The number of ether oxygens (including phenoxy) is 2. The Morgan fingerprint density at radius 2 is 1.71 bits per heavy atom. The van der Waals surface area contributed by atoms with Crippen molar-refractivity contribution in [2.75, 3.05) is 13.2 Å². The maximum absolute atomic E-state index is 12.0. The van der Waals surface area contributed by atoms with Crippen LogP contribution < -0.4 is 0 Å². The van der Waals surface area contributed by atoms with Crippen LogP contribution in [0.15, 0.2) is 18.2 Å². The first kappa shape index (κ1) is 20.6. The fourth-order valence-corrected chi connectivity index (χ4v) is 5.78. The van der Waals surface area contributed by atoms with Gasteiger partial charge < -0.3 is 9.47 Å². The number of benzene rings is 1. The van der Waals surface area contributed by atoms with E-state index in [1.165, 1.54) is 19.4 Å². The summed E-state index contributed by atoms with van der Waals surface area (Å²) in [5.41, 5.74) is 2.67. The van der Waals surface area contributed by atoms with E-state index in [1.54, 1.807) is 6.92 Å². The minimum atomic E-state index is -0.310. The van der Waals surface area contributed by atoms with Crippen LogP contribution in [-0.4, -0.2) is 30.9 Å². The van der Waals surface area contributed by atoms with Crippen molar-refractivity contribution in [1.82, 2.24) is 0 Å². The van der Waals surface area contributed by atoms with Crippen molar-refractivity contribution in [2.45, 2.75) is 65.2 Å². The maximum Gasteiger partial charge on any atom is 0.302 e. The molecule has 5 nitrogen and oxygen atoms in total. The summed E-state index contributed by atoms with van der Waals surface area (Å²) in [7, 11) is 0. The van der Waals surface area contributed by atoms with Gasteiger partial charge in [0.15, 0.2) is 5.78 Å². The van der Waals surface area contributed by atoms with Crippen molar-refractivity contribution < 1.29 is 23.9 Å². The number of ketones is 1. The van der Waals surface area contributed by atoms with E-state index in [-0.39, 0.29) is 47.0 Å². The zero-order valence-corrected chi connectivity index (χ0v) is 17.5. The summed E-state index contributed by atoms with van der Waals surface area (Å²) in [5.74, 6) is -0.430. The lowest BCUT2D eigenvalue weighted by Crippen LogP contribution is -2.48. The van der Waals surface area contributed by atoms with Gasteiger partial charge in [0.25, 0.3) is 0 Å². The molecule has 4 atom stereocenters. The van der Waals surface area contributed by atoms with E-state index in [2.05, 4.69) is 19.9 Å². The normalized spacial score (nSPS) is 30.9. The number of esters is 2. The van der Waals surface area contributed by atoms with E-state index in [9.17, 15) is 14.4 Å². The number of rotatable bonds is 5. The molecule has 0 bridgehead atoms. The fraction of sp³-hybridized carbons (Fsp3) is 0.609. The molecule has 0 aliphatic heterocycles. The van der Waals surface area contributed by atoms with Crippen LogP contribution in [0.1, 0.15) is 81.3 Å². The van der Waals surface area contributed by atoms with Gasteiger partial charge in [-0.15, -0.1) is 0 Å². The topological polar surface area (TPSA) is 69.7 Å². The predicted molar refractivity (Wildman–Crippen MR) is 105 cm³/mol. The van der Waals surface area contributed by atoms with Crippen LogP contribution in [-0.2, 0) is 24.5 Å². The van der Waals surface area contributed by atoms with E-state index in [0.29, 0.717) is 12.2 Å². The molecule has 0 heterocycles. The van der Waals surface area contributed by atoms with Crippen molar-refractivity contribution >= 4 is 17.7 Å². The quantitative estimate of drug-likeness (QED) is 0.561. The molecule has 0 N–H and O–H groups in total. The van der Waals surface area contributed by atoms with Crippen molar-refractivity contribution in [2.24, 2.45) is 11.3 Å². The predicted octanol–water partition coefficient (Wildman–Crippen LogP) is 4.18. The van der Waals surface area contributed by atoms with Crippen LogP contribution in [0.3, 0.4) is 0 Å². The molecule has 4 unspecified atom stereocenters. The Labute approximate surface area is 166 Å². The largest absolute Gasteiger partial charge is 0.465 e. The summed E-state index contributed by atoms with van der Waals surface area (Å²) < 4.78 is 10.9. The summed E-state index contributed by atoms with van der Waals surface area (Å²) in [6.07, 6.45) is 3.01. The standard InChI is InChI=1S/C23H30O5/c1-14(24)17-7-8-20-18(11-17)19(12-27-15(2)25)21-22(4,13-28-16(3)26)9-6-10-23(20,21)5/h7-8,11,19,21H,6,9-10,12-13H2,1-5H3. The van der Waals surface area contributed by atoms with Gasteiger partial charge in [0.05, 0.1) is 13.2 Å². The molecular formula is C23H30O5. The minimum absolute atomic E-state index is 0.0240. The SMILES string of the molecule is CC(=O)OCC1c2cc(C(C)=O)ccc2C2(C)CCCC(C)(COC(C)=O)C12. The average molecular weight is 386 g/mol. The third kappa shape index (κ3) is 3.47. The highest BCUT2D eigenvalue weighted by Crippen LogP contribution is 2.63. The lowest BCUT2D eigenvalue weighted by molar-refractivity contribution is -0.149. The number of carbonyl (C=O) groups is 3. The second-order valence-electron chi connectivity index (χ2n) is 8.95. The highest BCUT2D eigenvalue weighted by atomic mass is 16.5. The first-order valence-corrected chi connectivity index (χ1v) is 10.0. The first-order chi connectivity index (χ1) is 13.1. The molecule has 1 aromatic rings. The van der Waals surface area contributed by atoms with Crippen LogP contribution >= 0.6 is 0 Å². The summed E-state index contributed by atoms with van der Waals surface area (Å²) in [6, 6.07) is 5.95. The zero-order valence-electron chi connectivity index (χ0n) is 17.5. The molecule has 28 heavy (non-hydrogen) atoms. The summed E-state index contributed by atoms with van der Waals surface area (Å²) >= 11 is 0. The van der Waals surface area contributed by atoms with Gasteiger partial charge in [-0.05, 0) is 48.3 Å². The van der Waals surface area contributed by atoms with E-state index in [0.717, 1.165) is 24.8 Å².